The number of aryl methyl sites for hydroxylation is 1. The van der Waals surface area contributed by atoms with Gasteiger partial charge in [0, 0.05) is 36.3 Å². The monoisotopic (exact) mass is 453 g/mol. The van der Waals surface area contributed by atoms with Crippen LogP contribution in [0.2, 0.25) is 0 Å². The first-order valence-electron chi connectivity index (χ1n) is 11.0. The fourth-order valence-corrected chi connectivity index (χ4v) is 3.32. The zero-order valence-electron chi connectivity index (χ0n) is 19.5. The molecule has 1 amide bonds. The fraction of sp³-hybridized carbons (Fsp3) is 0.192. The van der Waals surface area contributed by atoms with Crippen LogP contribution < -0.4 is 10.6 Å². The number of nitrogens with one attached hydrogen (secondary N) is 2. The van der Waals surface area contributed by atoms with Crippen LogP contribution in [0.5, 0.6) is 0 Å². The van der Waals surface area contributed by atoms with E-state index in [0.717, 1.165) is 29.9 Å². The van der Waals surface area contributed by atoms with Gasteiger partial charge in [0.15, 0.2) is 0 Å². The molecule has 0 unspecified atom stereocenters. The molecule has 0 aliphatic heterocycles. The molecule has 0 fully saturated rings. The van der Waals surface area contributed by atoms with Crippen LogP contribution in [0.15, 0.2) is 73.3 Å². The number of benzene rings is 1. The molecular formula is C26H27N7O. The van der Waals surface area contributed by atoms with Crippen molar-refractivity contribution in [1.29, 1.82) is 0 Å². The van der Waals surface area contributed by atoms with Gasteiger partial charge in [-0.05, 0) is 69.4 Å². The maximum atomic E-state index is 12.7. The van der Waals surface area contributed by atoms with Crippen molar-refractivity contribution in [2.75, 3.05) is 31.3 Å². The summed E-state index contributed by atoms with van der Waals surface area (Å²) in [6.45, 7) is 2.84. The molecule has 2 N–H and O–H groups in total. The van der Waals surface area contributed by atoms with Crippen LogP contribution >= 0.6 is 0 Å². The summed E-state index contributed by atoms with van der Waals surface area (Å²) < 4.78 is 0. The first-order valence-corrected chi connectivity index (χ1v) is 11.0. The van der Waals surface area contributed by atoms with Crippen LogP contribution in [0, 0.1) is 6.92 Å². The molecule has 1 aromatic carbocycles. The lowest BCUT2D eigenvalue weighted by atomic mass is 10.1. The average Bonchev–Trinajstić information content (AvgIpc) is 2.86. The highest BCUT2D eigenvalue weighted by molar-refractivity contribution is 6.04. The van der Waals surface area contributed by atoms with Crippen molar-refractivity contribution in [3.05, 3.63) is 90.1 Å². The van der Waals surface area contributed by atoms with Gasteiger partial charge in [0.05, 0.1) is 29.0 Å². The maximum absolute atomic E-state index is 12.7. The Balaban J connectivity index is 1.46. The lowest BCUT2D eigenvalue weighted by Crippen LogP contribution is -2.15. The van der Waals surface area contributed by atoms with E-state index in [1.807, 2.05) is 69.6 Å². The van der Waals surface area contributed by atoms with Gasteiger partial charge < -0.3 is 15.5 Å². The molecule has 34 heavy (non-hydrogen) atoms. The first kappa shape index (κ1) is 23.0. The second-order valence-electron chi connectivity index (χ2n) is 8.19. The van der Waals surface area contributed by atoms with Crippen molar-refractivity contribution in [1.82, 2.24) is 24.8 Å². The van der Waals surface area contributed by atoms with Gasteiger partial charge in [-0.15, -0.1) is 0 Å². The Morgan fingerprint density at radius 3 is 2.56 bits per heavy atom. The average molecular weight is 454 g/mol. The van der Waals surface area contributed by atoms with Crippen LogP contribution in [0.3, 0.4) is 0 Å². The summed E-state index contributed by atoms with van der Waals surface area (Å²) in [7, 11) is 4.09. The molecule has 0 atom stereocenters. The minimum atomic E-state index is -0.189. The van der Waals surface area contributed by atoms with Gasteiger partial charge in [0.1, 0.15) is 0 Å². The highest BCUT2D eigenvalue weighted by Crippen LogP contribution is 2.23. The Bertz CT molecular complexity index is 1260. The van der Waals surface area contributed by atoms with Gasteiger partial charge in [0.25, 0.3) is 5.91 Å². The fourth-order valence-electron chi connectivity index (χ4n) is 3.32. The zero-order chi connectivity index (χ0) is 23.9. The molecule has 3 aromatic heterocycles. The number of carbonyl (C=O) groups is 1. The highest BCUT2D eigenvalue weighted by Gasteiger charge is 2.10. The molecule has 3 heterocycles. The van der Waals surface area contributed by atoms with Crippen molar-refractivity contribution >= 4 is 23.2 Å². The summed E-state index contributed by atoms with van der Waals surface area (Å²) in [6, 6.07) is 15.1. The molecule has 8 heteroatoms. The Kier molecular flexibility index (Phi) is 7.19. The minimum absolute atomic E-state index is 0.189. The third kappa shape index (κ3) is 5.99. The molecule has 0 aliphatic carbocycles. The largest absolute Gasteiger partial charge is 0.322 e. The van der Waals surface area contributed by atoms with E-state index in [4.69, 9.17) is 0 Å². The predicted octanol–water partition coefficient (Wildman–Crippen LogP) is 4.34. The van der Waals surface area contributed by atoms with E-state index in [-0.39, 0.29) is 5.91 Å². The van der Waals surface area contributed by atoms with Crippen LogP contribution in [0.25, 0.3) is 11.3 Å². The van der Waals surface area contributed by atoms with Crippen molar-refractivity contribution in [2.45, 2.75) is 13.3 Å². The number of hydrogen-bond acceptors (Lipinski definition) is 7. The maximum Gasteiger partial charge on any atom is 0.255 e. The van der Waals surface area contributed by atoms with E-state index in [1.54, 1.807) is 24.8 Å². The smallest absolute Gasteiger partial charge is 0.255 e. The van der Waals surface area contributed by atoms with Crippen LogP contribution in [-0.2, 0) is 6.42 Å². The standard InChI is InChI=1S/C26H27N7O/c1-18-24(32-26-28-13-10-23(31-26)21-5-4-12-27-16-21)15-22(17-29-18)30-25(34)20-8-6-19(7-9-20)11-14-33(2)3/h4-10,12-13,15-17H,11,14H2,1-3H3,(H,30,34)(H,28,31,32). The first-order chi connectivity index (χ1) is 16.5. The number of aromatic nitrogens is 4. The second-order valence-corrected chi connectivity index (χ2v) is 8.19. The number of rotatable bonds is 8. The minimum Gasteiger partial charge on any atom is -0.322 e. The molecule has 0 saturated heterocycles. The Hall–Kier alpha value is -4.17. The van der Waals surface area contributed by atoms with E-state index in [2.05, 4.69) is 35.5 Å². The van der Waals surface area contributed by atoms with Gasteiger partial charge in [-0.1, -0.05) is 12.1 Å². The van der Waals surface area contributed by atoms with Gasteiger partial charge in [-0.2, -0.15) is 0 Å². The van der Waals surface area contributed by atoms with Crippen LogP contribution in [0.1, 0.15) is 21.6 Å². The summed E-state index contributed by atoms with van der Waals surface area (Å²) in [5.74, 6) is 0.244. The van der Waals surface area contributed by atoms with E-state index < -0.39 is 0 Å². The molecule has 4 rings (SSSR count). The number of nitrogens with zero attached hydrogens (tertiary/aromatic N) is 5. The SMILES string of the molecule is Cc1ncc(NC(=O)c2ccc(CCN(C)C)cc2)cc1Nc1nccc(-c2cccnc2)n1. The summed E-state index contributed by atoms with van der Waals surface area (Å²) in [5, 5.41) is 6.13. The van der Waals surface area contributed by atoms with Gasteiger partial charge in [-0.25, -0.2) is 9.97 Å². The number of hydrogen-bond donors (Lipinski definition) is 2. The number of amides is 1. The van der Waals surface area contributed by atoms with E-state index >= 15 is 0 Å². The second kappa shape index (κ2) is 10.6. The summed E-state index contributed by atoms with van der Waals surface area (Å²) in [4.78, 5) is 32.3. The third-order valence-corrected chi connectivity index (χ3v) is 5.27. The summed E-state index contributed by atoms with van der Waals surface area (Å²) in [6.07, 6.45) is 7.74. The van der Waals surface area contributed by atoms with Crippen LogP contribution in [-0.4, -0.2) is 51.4 Å². The number of likely N-dealkylation sites (N-methyl/N-ethyl adjacent to an activating group) is 1. The Morgan fingerprint density at radius 2 is 1.82 bits per heavy atom. The Labute approximate surface area is 199 Å². The predicted molar refractivity (Wildman–Crippen MR) is 134 cm³/mol. The lowest BCUT2D eigenvalue weighted by Gasteiger charge is -2.12. The van der Waals surface area contributed by atoms with Crippen molar-refractivity contribution < 1.29 is 4.79 Å². The quantitative estimate of drug-likeness (QED) is 0.410. The molecule has 0 spiro atoms. The van der Waals surface area contributed by atoms with Gasteiger partial charge in [0.2, 0.25) is 5.95 Å². The topological polar surface area (TPSA) is 95.9 Å². The van der Waals surface area contributed by atoms with E-state index in [9.17, 15) is 4.79 Å². The van der Waals surface area contributed by atoms with Gasteiger partial charge >= 0.3 is 0 Å². The normalized spacial score (nSPS) is 10.8. The molecule has 0 radical (unpaired) electrons. The van der Waals surface area contributed by atoms with Crippen molar-refractivity contribution in [3.8, 4) is 11.3 Å². The lowest BCUT2D eigenvalue weighted by molar-refractivity contribution is 0.102. The zero-order valence-corrected chi connectivity index (χ0v) is 19.5. The number of pyridine rings is 2. The molecule has 0 aliphatic rings. The number of anilines is 3. The Morgan fingerprint density at radius 1 is 1.00 bits per heavy atom. The van der Waals surface area contributed by atoms with Crippen molar-refractivity contribution in [2.24, 2.45) is 0 Å². The summed E-state index contributed by atoms with van der Waals surface area (Å²) in [5.41, 5.74) is 5.50. The van der Waals surface area contributed by atoms with Crippen molar-refractivity contribution in [3.63, 3.8) is 0 Å². The molecule has 0 bridgehead atoms. The highest BCUT2D eigenvalue weighted by atomic mass is 16.1. The summed E-state index contributed by atoms with van der Waals surface area (Å²) >= 11 is 0. The van der Waals surface area contributed by atoms with Crippen LogP contribution in [0.4, 0.5) is 17.3 Å². The molecular weight excluding hydrogens is 426 g/mol. The molecule has 4 aromatic rings. The van der Waals surface area contributed by atoms with Gasteiger partial charge in [-0.3, -0.25) is 14.8 Å². The third-order valence-electron chi connectivity index (χ3n) is 5.27. The number of carbonyl (C=O) groups excluding carboxylic acids is 1. The molecule has 172 valence electrons. The molecule has 8 nitrogen and oxygen atoms in total. The molecule has 0 saturated carbocycles. The van der Waals surface area contributed by atoms with E-state index in [1.165, 1.54) is 5.56 Å². The van der Waals surface area contributed by atoms with E-state index in [0.29, 0.717) is 22.9 Å².